The lowest BCUT2D eigenvalue weighted by Crippen LogP contribution is -2.56. The maximum absolute atomic E-state index is 9.72. The van der Waals surface area contributed by atoms with Crippen LogP contribution < -0.4 is 5.73 Å². The van der Waals surface area contributed by atoms with Crippen LogP contribution in [0.15, 0.2) is 12.2 Å². The third-order valence-electron chi connectivity index (χ3n) is 2.92. The molecule has 3 atom stereocenters. The van der Waals surface area contributed by atoms with Crippen LogP contribution in [0.3, 0.4) is 0 Å². The molecule has 2 nitrogen and oxygen atoms in total. The molecule has 0 saturated heterocycles. The summed E-state index contributed by atoms with van der Waals surface area (Å²) in [7, 11) is 0. The van der Waals surface area contributed by atoms with Crippen LogP contribution in [0.5, 0.6) is 0 Å². The van der Waals surface area contributed by atoms with Crippen molar-refractivity contribution in [2.24, 2.45) is 17.6 Å². The summed E-state index contributed by atoms with van der Waals surface area (Å²) in [4.78, 5) is 0. The van der Waals surface area contributed by atoms with E-state index < -0.39 is 5.60 Å². The van der Waals surface area contributed by atoms with E-state index in [-0.39, 0.29) is 0 Å². The molecule has 0 aromatic heterocycles. The van der Waals surface area contributed by atoms with Gasteiger partial charge < -0.3 is 10.8 Å². The van der Waals surface area contributed by atoms with Gasteiger partial charge in [-0.2, -0.15) is 0 Å². The minimum Gasteiger partial charge on any atom is -0.388 e. The van der Waals surface area contributed by atoms with Gasteiger partial charge in [-0.05, 0) is 24.7 Å². The molecule has 0 bridgehead atoms. The second kappa shape index (κ2) is 1.83. The average Bonchev–Trinajstić information content (AvgIpc) is 2.30. The molecule has 0 aromatic carbocycles. The van der Waals surface area contributed by atoms with Crippen molar-refractivity contribution >= 4 is 0 Å². The molecule has 1 saturated carbocycles. The van der Waals surface area contributed by atoms with Gasteiger partial charge in [-0.15, -0.1) is 0 Å². The Morgan fingerprint density at radius 2 is 2.50 bits per heavy atom. The van der Waals surface area contributed by atoms with Gasteiger partial charge in [0.1, 0.15) is 0 Å². The van der Waals surface area contributed by atoms with Crippen molar-refractivity contribution < 1.29 is 5.11 Å². The van der Waals surface area contributed by atoms with E-state index in [1.54, 1.807) is 0 Å². The molecule has 0 aromatic rings. The molecule has 0 radical (unpaired) electrons. The summed E-state index contributed by atoms with van der Waals surface area (Å²) >= 11 is 0. The molecule has 10 heavy (non-hydrogen) atoms. The highest BCUT2D eigenvalue weighted by Gasteiger charge is 2.51. The Kier molecular flexibility index (Phi) is 1.17. The van der Waals surface area contributed by atoms with Crippen LogP contribution in [0, 0.1) is 11.8 Å². The quantitative estimate of drug-likeness (QED) is 0.512. The van der Waals surface area contributed by atoms with Gasteiger partial charge in [-0.3, -0.25) is 0 Å². The van der Waals surface area contributed by atoms with Gasteiger partial charge in [0.25, 0.3) is 0 Å². The summed E-state index contributed by atoms with van der Waals surface area (Å²) in [6.45, 7) is 0.426. The van der Waals surface area contributed by atoms with Gasteiger partial charge in [-0.25, -0.2) is 0 Å². The zero-order chi connectivity index (χ0) is 7.19. The van der Waals surface area contributed by atoms with E-state index in [0.29, 0.717) is 18.4 Å². The number of aliphatic hydroxyl groups is 1. The first-order chi connectivity index (χ1) is 4.76. The SMILES string of the molecule is NCC1(O)CC2C=CCC21. The second-order valence-corrected chi connectivity index (χ2v) is 3.45. The molecule has 2 aliphatic carbocycles. The first-order valence-corrected chi connectivity index (χ1v) is 3.85. The van der Waals surface area contributed by atoms with Crippen LogP contribution in [0.2, 0.25) is 0 Å². The van der Waals surface area contributed by atoms with E-state index in [0.717, 1.165) is 12.8 Å². The summed E-state index contributed by atoms with van der Waals surface area (Å²) in [5.74, 6) is 1.08. The number of hydrogen-bond acceptors (Lipinski definition) is 2. The third-order valence-corrected chi connectivity index (χ3v) is 2.92. The monoisotopic (exact) mass is 139 g/mol. The highest BCUT2D eigenvalue weighted by Crippen LogP contribution is 2.49. The van der Waals surface area contributed by atoms with Crippen molar-refractivity contribution in [1.29, 1.82) is 0 Å². The topological polar surface area (TPSA) is 46.2 Å². The molecule has 0 heterocycles. The average molecular weight is 139 g/mol. The molecule has 2 rings (SSSR count). The van der Waals surface area contributed by atoms with Gasteiger partial charge in [-0.1, -0.05) is 12.2 Å². The summed E-state index contributed by atoms with van der Waals surface area (Å²) in [6, 6.07) is 0. The van der Waals surface area contributed by atoms with Gasteiger partial charge in [0.05, 0.1) is 5.60 Å². The second-order valence-electron chi connectivity index (χ2n) is 3.45. The largest absolute Gasteiger partial charge is 0.388 e. The number of hydrogen-bond donors (Lipinski definition) is 2. The number of fused-ring (bicyclic) bond motifs is 1. The summed E-state index contributed by atoms with van der Waals surface area (Å²) in [6.07, 6.45) is 6.26. The predicted molar refractivity (Wildman–Crippen MR) is 39.4 cm³/mol. The molecule has 0 amide bonds. The molecule has 3 N–H and O–H groups in total. The zero-order valence-electron chi connectivity index (χ0n) is 5.96. The lowest BCUT2D eigenvalue weighted by Gasteiger charge is -2.47. The molecular weight excluding hydrogens is 126 g/mol. The number of rotatable bonds is 1. The first kappa shape index (κ1) is 6.38. The number of allylic oxidation sites excluding steroid dienone is 2. The molecule has 0 aliphatic heterocycles. The van der Waals surface area contributed by atoms with Gasteiger partial charge in [0.2, 0.25) is 0 Å². The van der Waals surface area contributed by atoms with Crippen molar-refractivity contribution in [2.45, 2.75) is 18.4 Å². The van der Waals surface area contributed by atoms with Gasteiger partial charge in [0.15, 0.2) is 0 Å². The van der Waals surface area contributed by atoms with Crippen LogP contribution in [-0.4, -0.2) is 17.3 Å². The molecule has 56 valence electrons. The van der Waals surface area contributed by atoms with Crippen molar-refractivity contribution in [2.75, 3.05) is 6.54 Å². The predicted octanol–water partition coefficient (Wildman–Crippen LogP) is 0.272. The molecular formula is C8H13NO. The van der Waals surface area contributed by atoms with E-state index >= 15 is 0 Å². The molecule has 1 fully saturated rings. The van der Waals surface area contributed by atoms with Crippen LogP contribution in [0.1, 0.15) is 12.8 Å². The smallest absolute Gasteiger partial charge is 0.0811 e. The van der Waals surface area contributed by atoms with Crippen molar-refractivity contribution in [1.82, 2.24) is 0 Å². The van der Waals surface area contributed by atoms with Gasteiger partial charge >= 0.3 is 0 Å². The zero-order valence-corrected chi connectivity index (χ0v) is 5.96. The van der Waals surface area contributed by atoms with E-state index in [1.165, 1.54) is 0 Å². The van der Waals surface area contributed by atoms with Crippen LogP contribution in [-0.2, 0) is 0 Å². The molecule has 0 spiro atoms. The van der Waals surface area contributed by atoms with Gasteiger partial charge in [0, 0.05) is 6.54 Å². The lowest BCUT2D eigenvalue weighted by atomic mass is 9.63. The molecule has 2 aliphatic rings. The van der Waals surface area contributed by atoms with Crippen LogP contribution in [0.25, 0.3) is 0 Å². The fourth-order valence-corrected chi connectivity index (χ4v) is 2.17. The first-order valence-electron chi connectivity index (χ1n) is 3.85. The highest BCUT2D eigenvalue weighted by atomic mass is 16.3. The van der Waals surface area contributed by atoms with Crippen LogP contribution in [0.4, 0.5) is 0 Å². The maximum Gasteiger partial charge on any atom is 0.0811 e. The van der Waals surface area contributed by atoms with Crippen LogP contribution >= 0.6 is 0 Å². The normalized spacial score (nSPS) is 50.6. The Morgan fingerprint density at radius 3 is 3.10 bits per heavy atom. The van der Waals surface area contributed by atoms with Crippen molar-refractivity contribution in [3.63, 3.8) is 0 Å². The Hall–Kier alpha value is -0.340. The van der Waals surface area contributed by atoms with Crippen molar-refractivity contribution in [3.05, 3.63) is 12.2 Å². The summed E-state index contributed by atoms with van der Waals surface area (Å²) < 4.78 is 0. The minimum atomic E-state index is -0.520. The fraction of sp³-hybridized carbons (Fsp3) is 0.750. The Balaban J connectivity index is 2.08. The highest BCUT2D eigenvalue weighted by molar-refractivity contribution is 5.16. The Morgan fingerprint density at radius 1 is 1.70 bits per heavy atom. The molecule has 3 unspecified atom stereocenters. The van der Waals surface area contributed by atoms with E-state index in [1.807, 2.05) is 0 Å². The maximum atomic E-state index is 9.72. The Bertz CT molecular complexity index is 178. The number of nitrogens with two attached hydrogens (primary N) is 1. The molecule has 2 heteroatoms. The minimum absolute atomic E-state index is 0.426. The summed E-state index contributed by atoms with van der Waals surface area (Å²) in [5.41, 5.74) is 4.93. The van der Waals surface area contributed by atoms with E-state index in [2.05, 4.69) is 12.2 Å². The fourth-order valence-electron chi connectivity index (χ4n) is 2.17. The van der Waals surface area contributed by atoms with Crippen molar-refractivity contribution in [3.8, 4) is 0 Å². The van der Waals surface area contributed by atoms with E-state index in [4.69, 9.17) is 5.73 Å². The Labute approximate surface area is 60.7 Å². The standard InChI is InChI=1S/C8H13NO/c9-5-8(10)4-6-2-1-3-7(6)8/h1-2,6-7,10H,3-5,9H2. The summed E-state index contributed by atoms with van der Waals surface area (Å²) in [5, 5.41) is 9.72. The third kappa shape index (κ3) is 0.607. The lowest BCUT2D eigenvalue weighted by molar-refractivity contribution is -0.108. The van der Waals surface area contributed by atoms with E-state index in [9.17, 15) is 5.11 Å².